The van der Waals surface area contributed by atoms with Crippen LogP contribution in [0.1, 0.15) is 5.56 Å². The first-order valence-corrected chi connectivity index (χ1v) is 6.89. The largest absolute Gasteiger partial charge is 0.398 e. The Bertz CT molecular complexity index is 703. The minimum Gasteiger partial charge on any atom is -0.398 e. The standard InChI is InChI=1S/C14H12BrN5/c15-12-7-4-8-13(16)11(12)9-20-18-14(17-19-20)10-5-2-1-3-6-10/h1-8H,9,16H2. The lowest BCUT2D eigenvalue weighted by molar-refractivity contribution is 0.572. The number of nitrogen functional groups attached to an aromatic ring is 1. The summed E-state index contributed by atoms with van der Waals surface area (Å²) in [6.07, 6.45) is 0. The predicted octanol–water partition coefficient (Wildman–Crippen LogP) is 2.73. The molecule has 0 atom stereocenters. The fourth-order valence-corrected chi connectivity index (χ4v) is 2.40. The van der Waals surface area contributed by atoms with Gasteiger partial charge in [-0.2, -0.15) is 4.80 Å². The van der Waals surface area contributed by atoms with Gasteiger partial charge in [0.05, 0.1) is 6.54 Å². The summed E-state index contributed by atoms with van der Waals surface area (Å²) in [5, 5.41) is 12.5. The third-order valence-electron chi connectivity index (χ3n) is 2.94. The van der Waals surface area contributed by atoms with Gasteiger partial charge < -0.3 is 5.73 Å². The zero-order chi connectivity index (χ0) is 13.9. The molecule has 0 radical (unpaired) electrons. The Labute approximate surface area is 124 Å². The van der Waals surface area contributed by atoms with Crippen molar-refractivity contribution in [3.05, 3.63) is 58.6 Å². The summed E-state index contributed by atoms with van der Waals surface area (Å²) >= 11 is 3.49. The maximum Gasteiger partial charge on any atom is 0.204 e. The Morgan fingerprint density at radius 2 is 1.85 bits per heavy atom. The van der Waals surface area contributed by atoms with E-state index < -0.39 is 0 Å². The highest BCUT2D eigenvalue weighted by Crippen LogP contribution is 2.23. The lowest BCUT2D eigenvalue weighted by atomic mass is 10.2. The van der Waals surface area contributed by atoms with E-state index in [1.54, 1.807) is 4.80 Å². The van der Waals surface area contributed by atoms with E-state index in [9.17, 15) is 0 Å². The third-order valence-corrected chi connectivity index (χ3v) is 3.68. The highest BCUT2D eigenvalue weighted by atomic mass is 79.9. The summed E-state index contributed by atoms with van der Waals surface area (Å²) in [7, 11) is 0. The van der Waals surface area contributed by atoms with Gasteiger partial charge in [-0.05, 0) is 17.3 Å². The van der Waals surface area contributed by atoms with Crippen LogP contribution >= 0.6 is 15.9 Å². The van der Waals surface area contributed by atoms with E-state index in [-0.39, 0.29) is 0 Å². The molecule has 2 N–H and O–H groups in total. The van der Waals surface area contributed by atoms with Crippen LogP contribution in [0.2, 0.25) is 0 Å². The first kappa shape index (κ1) is 12.8. The summed E-state index contributed by atoms with van der Waals surface area (Å²) in [4.78, 5) is 1.54. The average molecular weight is 330 g/mol. The molecule has 0 fully saturated rings. The van der Waals surface area contributed by atoms with Crippen LogP contribution in [0.15, 0.2) is 53.0 Å². The fraction of sp³-hybridized carbons (Fsp3) is 0.0714. The van der Waals surface area contributed by atoms with Crippen LogP contribution in [-0.4, -0.2) is 20.2 Å². The number of hydrogen-bond acceptors (Lipinski definition) is 4. The van der Waals surface area contributed by atoms with Crippen molar-refractivity contribution in [2.75, 3.05) is 5.73 Å². The number of aromatic nitrogens is 4. The van der Waals surface area contributed by atoms with Crippen molar-refractivity contribution in [2.45, 2.75) is 6.54 Å². The summed E-state index contributed by atoms with van der Waals surface area (Å²) in [6.45, 7) is 0.479. The van der Waals surface area contributed by atoms with E-state index in [1.165, 1.54) is 0 Å². The van der Waals surface area contributed by atoms with E-state index in [4.69, 9.17) is 5.73 Å². The van der Waals surface area contributed by atoms with Gasteiger partial charge >= 0.3 is 0 Å². The number of nitrogens with two attached hydrogens (primary N) is 1. The fourth-order valence-electron chi connectivity index (χ4n) is 1.90. The van der Waals surface area contributed by atoms with Crippen LogP contribution in [-0.2, 0) is 6.54 Å². The highest BCUT2D eigenvalue weighted by Gasteiger charge is 2.09. The quantitative estimate of drug-likeness (QED) is 0.750. The van der Waals surface area contributed by atoms with E-state index in [0.717, 1.165) is 15.6 Å². The molecular weight excluding hydrogens is 318 g/mol. The van der Waals surface area contributed by atoms with Crippen LogP contribution in [0.5, 0.6) is 0 Å². The number of benzene rings is 2. The molecule has 0 saturated heterocycles. The molecule has 0 bridgehead atoms. The van der Waals surface area contributed by atoms with Crippen molar-refractivity contribution in [1.29, 1.82) is 0 Å². The van der Waals surface area contributed by atoms with Crippen LogP contribution in [0.3, 0.4) is 0 Å². The van der Waals surface area contributed by atoms with Gasteiger partial charge in [0.1, 0.15) is 0 Å². The lowest BCUT2D eigenvalue weighted by Crippen LogP contribution is -2.07. The van der Waals surface area contributed by atoms with E-state index in [1.807, 2.05) is 48.5 Å². The molecule has 2 aromatic carbocycles. The molecule has 0 spiro atoms. The Balaban J connectivity index is 1.88. The van der Waals surface area contributed by atoms with Crippen molar-refractivity contribution in [3.63, 3.8) is 0 Å². The van der Waals surface area contributed by atoms with Gasteiger partial charge in [0.15, 0.2) is 0 Å². The van der Waals surface area contributed by atoms with Crippen LogP contribution in [0.4, 0.5) is 5.69 Å². The number of halogens is 1. The smallest absolute Gasteiger partial charge is 0.204 e. The molecular formula is C14H12BrN5. The molecule has 0 aliphatic rings. The first-order valence-electron chi connectivity index (χ1n) is 6.10. The first-order chi connectivity index (χ1) is 9.74. The SMILES string of the molecule is Nc1cccc(Br)c1Cn1nnc(-c2ccccc2)n1. The average Bonchev–Trinajstić information content (AvgIpc) is 2.93. The molecule has 100 valence electrons. The summed E-state index contributed by atoms with van der Waals surface area (Å²) in [5.41, 5.74) is 8.57. The molecule has 5 nitrogen and oxygen atoms in total. The lowest BCUT2D eigenvalue weighted by Gasteiger charge is -2.06. The van der Waals surface area contributed by atoms with Crippen molar-refractivity contribution < 1.29 is 0 Å². The Morgan fingerprint density at radius 3 is 2.60 bits per heavy atom. The maximum absolute atomic E-state index is 5.97. The zero-order valence-corrected chi connectivity index (χ0v) is 12.2. The third kappa shape index (κ3) is 2.55. The minimum absolute atomic E-state index is 0.479. The number of tetrazole rings is 1. The number of nitrogens with zero attached hydrogens (tertiary/aromatic N) is 4. The normalized spacial score (nSPS) is 10.7. The van der Waals surface area contributed by atoms with Crippen molar-refractivity contribution >= 4 is 21.6 Å². The summed E-state index contributed by atoms with van der Waals surface area (Å²) in [5.74, 6) is 0.608. The van der Waals surface area contributed by atoms with Gasteiger partial charge in [-0.25, -0.2) is 0 Å². The van der Waals surface area contributed by atoms with E-state index >= 15 is 0 Å². The van der Waals surface area contributed by atoms with Gasteiger partial charge in [0.25, 0.3) is 0 Å². The molecule has 0 amide bonds. The molecule has 0 saturated carbocycles. The van der Waals surface area contributed by atoms with E-state index in [2.05, 4.69) is 31.3 Å². The second kappa shape index (κ2) is 5.42. The van der Waals surface area contributed by atoms with Crippen LogP contribution in [0, 0.1) is 0 Å². The predicted molar refractivity (Wildman–Crippen MR) is 80.9 cm³/mol. The molecule has 0 aliphatic heterocycles. The molecule has 1 aromatic heterocycles. The van der Waals surface area contributed by atoms with Crippen LogP contribution < -0.4 is 5.73 Å². The Kier molecular flexibility index (Phi) is 3.47. The molecule has 3 aromatic rings. The summed E-state index contributed by atoms with van der Waals surface area (Å²) in [6, 6.07) is 15.4. The van der Waals surface area contributed by atoms with Crippen molar-refractivity contribution in [2.24, 2.45) is 0 Å². The Morgan fingerprint density at radius 1 is 1.05 bits per heavy atom. The van der Waals surface area contributed by atoms with Crippen molar-refractivity contribution in [1.82, 2.24) is 20.2 Å². The van der Waals surface area contributed by atoms with Gasteiger partial charge in [0, 0.05) is 21.3 Å². The van der Waals surface area contributed by atoms with Gasteiger partial charge in [-0.15, -0.1) is 10.2 Å². The topological polar surface area (TPSA) is 69.6 Å². The van der Waals surface area contributed by atoms with Gasteiger partial charge in [0.2, 0.25) is 5.82 Å². The molecule has 3 rings (SSSR count). The second-order valence-electron chi connectivity index (χ2n) is 4.32. The van der Waals surface area contributed by atoms with Crippen molar-refractivity contribution in [3.8, 4) is 11.4 Å². The Hall–Kier alpha value is -2.21. The minimum atomic E-state index is 0.479. The molecule has 20 heavy (non-hydrogen) atoms. The van der Waals surface area contributed by atoms with Crippen LogP contribution in [0.25, 0.3) is 11.4 Å². The second-order valence-corrected chi connectivity index (χ2v) is 5.17. The highest BCUT2D eigenvalue weighted by molar-refractivity contribution is 9.10. The number of anilines is 1. The maximum atomic E-state index is 5.97. The number of hydrogen-bond donors (Lipinski definition) is 1. The van der Waals surface area contributed by atoms with Gasteiger partial charge in [-0.1, -0.05) is 52.3 Å². The number of rotatable bonds is 3. The molecule has 0 unspecified atom stereocenters. The zero-order valence-electron chi connectivity index (χ0n) is 10.6. The van der Waals surface area contributed by atoms with Gasteiger partial charge in [-0.3, -0.25) is 0 Å². The molecule has 0 aliphatic carbocycles. The molecule has 6 heteroatoms. The van der Waals surface area contributed by atoms with E-state index in [0.29, 0.717) is 18.1 Å². The molecule has 1 heterocycles. The summed E-state index contributed by atoms with van der Waals surface area (Å²) < 4.78 is 0.941. The monoisotopic (exact) mass is 329 g/mol.